The summed E-state index contributed by atoms with van der Waals surface area (Å²) in [6.07, 6.45) is -4.71. The number of hydrogen-bond donors (Lipinski definition) is 2. The SMILES string of the molecule is O=C(O)C1CC2(c3ccc(O)cc3)C(Cl)C(=O)N2c2ccc(C(F)(F)F)cc2S1. The molecule has 1 amide bonds. The van der Waals surface area contributed by atoms with E-state index < -0.39 is 39.8 Å². The summed E-state index contributed by atoms with van der Waals surface area (Å²) in [6, 6.07) is 8.72. The lowest BCUT2D eigenvalue weighted by molar-refractivity contribution is -0.138. The van der Waals surface area contributed by atoms with Crippen molar-refractivity contribution in [1.82, 2.24) is 0 Å². The summed E-state index contributed by atoms with van der Waals surface area (Å²) in [5.74, 6) is -1.77. The molecule has 0 bridgehead atoms. The Balaban J connectivity index is 1.93. The van der Waals surface area contributed by atoms with Gasteiger partial charge in [0, 0.05) is 11.3 Å². The minimum atomic E-state index is -4.61. The van der Waals surface area contributed by atoms with Crippen molar-refractivity contribution in [3.8, 4) is 5.75 Å². The molecule has 1 fully saturated rings. The van der Waals surface area contributed by atoms with Crippen LogP contribution in [0.3, 0.4) is 0 Å². The second-order valence-corrected chi connectivity index (χ2v) is 8.52. The normalized spacial score (nSPS) is 26.2. The molecule has 2 aliphatic heterocycles. The fraction of sp³-hybridized carbons (Fsp3) is 0.263. The average Bonchev–Trinajstić information content (AvgIpc) is 2.80. The second kappa shape index (κ2) is 6.56. The number of fused-ring (bicyclic) bond motifs is 3. The summed E-state index contributed by atoms with van der Waals surface area (Å²) in [7, 11) is 0. The number of β-lactam (4-membered cyclic amide) rings is 1. The number of thioether (sulfide) groups is 1. The minimum absolute atomic E-state index is 0.0264. The highest BCUT2D eigenvalue weighted by atomic mass is 35.5. The number of carbonyl (C=O) groups excluding carboxylic acids is 1. The summed E-state index contributed by atoms with van der Waals surface area (Å²) >= 11 is 7.14. The summed E-state index contributed by atoms with van der Waals surface area (Å²) < 4.78 is 39.5. The molecular weight excluding hydrogens is 431 g/mol. The van der Waals surface area contributed by atoms with Crippen LogP contribution in [0.15, 0.2) is 47.4 Å². The van der Waals surface area contributed by atoms with Crippen molar-refractivity contribution in [3.63, 3.8) is 0 Å². The number of carboxylic acids is 1. The summed E-state index contributed by atoms with van der Waals surface area (Å²) in [5.41, 5.74) is -1.51. The van der Waals surface area contributed by atoms with Crippen LogP contribution >= 0.6 is 23.4 Å². The second-order valence-electron chi connectivity index (χ2n) is 6.84. The van der Waals surface area contributed by atoms with Crippen LogP contribution in [-0.2, 0) is 21.3 Å². The Bertz CT molecular complexity index is 1010. The number of benzene rings is 2. The van der Waals surface area contributed by atoms with Crippen LogP contribution in [0.25, 0.3) is 0 Å². The van der Waals surface area contributed by atoms with Crippen LogP contribution in [0, 0.1) is 0 Å². The van der Waals surface area contributed by atoms with Crippen molar-refractivity contribution in [2.75, 3.05) is 4.90 Å². The average molecular weight is 444 g/mol. The molecule has 3 unspecified atom stereocenters. The first-order valence-electron chi connectivity index (χ1n) is 8.44. The minimum Gasteiger partial charge on any atom is -0.508 e. The molecule has 3 atom stereocenters. The molecule has 2 aliphatic rings. The number of anilines is 1. The Morgan fingerprint density at radius 3 is 2.45 bits per heavy atom. The van der Waals surface area contributed by atoms with Gasteiger partial charge in [0.05, 0.1) is 16.8 Å². The summed E-state index contributed by atoms with van der Waals surface area (Å²) in [6.45, 7) is 0. The number of alkyl halides is 4. The zero-order chi connectivity index (χ0) is 21.1. The van der Waals surface area contributed by atoms with Gasteiger partial charge in [0.2, 0.25) is 5.91 Å². The number of rotatable bonds is 2. The number of aliphatic carboxylic acids is 1. The van der Waals surface area contributed by atoms with Crippen molar-refractivity contribution >= 4 is 40.9 Å². The third-order valence-electron chi connectivity index (χ3n) is 5.19. The van der Waals surface area contributed by atoms with E-state index in [4.69, 9.17) is 11.6 Å². The molecule has 10 heteroatoms. The van der Waals surface area contributed by atoms with Crippen LogP contribution in [0.1, 0.15) is 17.5 Å². The molecule has 4 rings (SSSR count). The van der Waals surface area contributed by atoms with Gasteiger partial charge in [-0.25, -0.2) is 0 Å². The molecule has 0 aliphatic carbocycles. The van der Waals surface area contributed by atoms with Gasteiger partial charge in [0.25, 0.3) is 0 Å². The molecule has 2 N–H and O–H groups in total. The van der Waals surface area contributed by atoms with E-state index in [-0.39, 0.29) is 22.8 Å². The first kappa shape index (κ1) is 19.9. The van der Waals surface area contributed by atoms with E-state index in [9.17, 15) is 33.0 Å². The Morgan fingerprint density at radius 1 is 1.21 bits per heavy atom. The topological polar surface area (TPSA) is 77.8 Å². The van der Waals surface area contributed by atoms with Gasteiger partial charge in [-0.2, -0.15) is 13.2 Å². The Kier molecular flexibility index (Phi) is 4.51. The Hall–Kier alpha value is -2.39. The molecule has 0 spiro atoms. The number of hydrogen-bond acceptors (Lipinski definition) is 4. The Labute approximate surface area is 172 Å². The van der Waals surface area contributed by atoms with E-state index in [0.717, 1.165) is 23.9 Å². The maximum Gasteiger partial charge on any atom is 0.416 e. The molecule has 0 saturated carbocycles. The van der Waals surface area contributed by atoms with E-state index in [1.807, 2.05) is 0 Å². The predicted octanol–water partition coefficient (Wildman–Crippen LogP) is 4.21. The van der Waals surface area contributed by atoms with Crippen LogP contribution in [0.4, 0.5) is 18.9 Å². The van der Waals surface area contributed by atoms with Crippen LogP contribution in [-0.4, -0.2) is 32.7 Å². The first-order valence-corrected chi connectivity index (χ1v) is 9.75. The molecule has 0 aromatic heterocycles. The third-order valence-corrected chi connectivity index (χ3v) is 6.97. The number of phenols is 1. The Morgan fingerprint density at radius 2 is 1.86 bits per heavy atom. The van der Waals surface area contributed by atoms with Crippen LogP contribution in [0.5, 0.6) is 5.75 Å². The zero-order valence-electron chi connectivity index (χ0n) is 14.5. The number of carbonyl (C=O) groups is 2. The highest BCUT2D eigenvalue weighted by Gasteiger charge is 2.63. The highest BCUT2D eigenvalue weighted by Crippen LogP contribution is 2.57. The third kappa shape index (κ3) is 2.95. The lowest BCUT2D eigenvalue weighted by atomic mass is 9.73. The van der Waals surface area contributed by atoms with Gasteiger partial charge in [-0.05, 0) is 35.9 Å². The molecule has 2 heterocycles. The molecule has 0 radical (unpaired) electrons. The standard InChI is InChI=1S/C19H13ClF3NO4S/c20-15-16(26)24-12-6-3-10(19(21,22)23)7-13(12)29-14(17(27)28)8-18(15,24)9-1-4-11(25)5-2-9/h1-7,14-15,25H,8H2,(H,27,28). The van der Waals surface area contributed by atoms with Crippen molar-refractivity contribution in [1.29, 1.82) is 0 Å². The van der Waals surface area contributed by atoms with Gasteiger partial charge in [0.1, 0.15) is 16.4 Å². The molecule has 1 saturated heterocycles. The molecule has 2 aromatic carbocycles. The summed E-state index contributed by atoms with van der Waals surface area (Å²) in [5, 5.41) is 17.0. The maximum absolute atomic E-state index is 13.2. The first-order chi connectivity index (χ1) is 13.6. The monoisotopic (exact) mass is 443 g/mol. The van der Waals surface area contributed by atoms with Crippen molar-refractivity contribution < 1.29 is 33.0 Å². The molecule has 29 heavy (non-hydrogen) atoms. The van der Waals surface area contributed by atoms with Crippen LogP contribution in [0.2, 0.25) is 0 Å². The van der Waals surface area contributed by atoms with E-state index in [2.05, 4.69) is 0 Å². The van der Waals surface area contributed by atoms with E-state index in [1.165, 1.54) is 35.2 Å². The molecular formula is C19H13ClF3NO4S. The molecule has 152 valence electrons. The lowest BCUT2D eigenvalue weighted by Gasteiger charge is -2.55. The quantitative estimate of drug-likeness (QED) is 0.537. The van der Waals surface area contributed by atoms with E-state index in [1.54, 1.807) is 0 Å². The van der Waals surface area contributed by atoms with Gasteiger partial charge in [-0.15, -0.1) is 23.4 Å². The fourth-order valence-electron chi connectivity index (χ4n) is 3.82. The molecule has 5 nitrogen and oxygen atoms in total. The number of phenolic OH excluding ortho intramolecular Hbond substituents is 1. The number of amides is 1. The van der Waals surface area contributed by atoms with E-state index >= 15 is 0 Å². The largest absolute Gasteiger partial charge is 0.508 e. The van der Waals surface area contributed by atoms with Gasteiger partial charge in [-0.1, -0.05) is 12.1 Å². The number of nitrogens with zero attached hydrogens (tertiary/aromatic N) is 1. The zero-order valence-corrected chi connectivity index (χ0v) is 16.1. The maximum atomic E-state index is 13.2. The van der Waals surface area contributed by atoms with Crippen LogP contribution < -0.4 is 4.90 Å². The van der Waals surface area contributed by atoms with Crippen molar-refractivity contribution in [2.24, 2.45) is 0 Å². The van der Waals surface area contributed by atoms with Gasteiger partial charge < -0.3 is 10.2 Å². The van der Waals surface area contributed by atoms with Gasteiger partial charge >= 0.3 is 12.1 Å². The van der Waals surface area contributed by atoms with Gasteiger partial charge in [-0.3, -0.25) is 14.5 Å². The number of carboxylic acid groups (broad SMARTS) is 1. The predicted molar refractivity (Wildman–Crippen MR) is 100 cm³/mol. The van der Waals surface area contributed by atoms with Crippen molar-refractivity contribution in [3.05, 3.63) is 53.6 Å². The number of aromatic hydroxyl groups is 1. The van der Waals surface area contributed by atoms with Gasteiger partial charge in [0.15, 0.2) is 0 Å². The summed E-state index contributed by atoms with van der Waals surface area (Å²) in [4.78, 5) is 25.9. The highest BCUT2D eigenvalue weighted by molar-refractivity contribution is 8.00. The molecule has 2 aromatic rings. The fourth-order valence-corrected chi connectivity index (χ4v) is 5.45. The lowest BCUT2D eigenvalue weighted by Crippen LogP contribution is -2.71. The number of halogens is 4. The smallest absolute Gasteiger partial charge is 0.416 e. The van der Waals surface area contributed by atoms with Crippen molar-refractivity contribution in [2.45, 2.75) is 33.7 Å². The van der Waals surface area contributed by atoms with E-state index in [0.29, 0.717) is 5.56 Å².